The van der Waals surface area contributed by atoms with Crippen LogP contribution in [0.25, 0.3) is 0 Å². The molecule has 2 heterocycles. The molecule has 0 radical (unpaired) electrons. The molecule has 2 unspecified atom stereocenters. The molecule has 6 nitrogen and oxygen atoms in total. The monoisotopic (exact) mass is 315 g/mol. The van der Waals surface area contributed by atoms with Gasteiger partial charge in [-0.05, 0) is 25.3 Å². The molecular formula is C17H21N3O3. The maximum absolute atomic E-state index is 12.8. The van der Waals surface area contributed by atoms with Crippen LogP contribution >= 0.6 is 0 Å². The molecule has 0 bridgehead atoms. The first-order chi connectivity index (χ1) is 11.1. The summed E-state index contributed by atoms with van der Waals surface area (Å²) in [4.78, 5) is 31.9. The first-order valence-electron chi connectivity index (χ1n) is 8.03. The molecule has 2 aliphatic rings. The number of hydrogen-bond donors (Lipinski definition) is 1. The summed E-state index contributed by atoms with van der Waals surface area (Å²) in [7, 11) is 0. The van der Waals surface area contributed by atoms with Crippen molar-refractivity contribution in [2.75, 3.05) is 6.54 Å². The minimum Gasteiger partial charge on any atom is -0.391 e. The Kier molecular flexibility index (Phi) is 4.60. The third-order valence-electron chi connectivity index (χ3n) is 4.13. The molecule has 23 heavy (non-hydrogen) atoms. The van der Waals surface area contributed by atoms with E-state index in [2.05, 4.69) is 10.5 Å². The number of rotatable bonds is 3. The number of benzene rings is 1. The molecule has 1 aromatic carbocycles. The number of amides is 2. The second-order valence-corrected chi connectivity index (χ2v) is 6.00. The fraction of sp³-hybridized carbons (Fsp3) is 0.471. The highest BCUT2D eigenvalue weighted by Crippen LogP contribution is 2.26. The number of carbonyl (C=O) groups excluding carboxylic acids is 2. The van der Waals surface area contributed by atoms with Crippen molar-refractivity contribution in [3.05, 3.63) is 35.9 Å². The number of nitrogens with zero attached hydrogens (tertiary/aromatic N) is 2. The summed E-state index contributed by atoms with van der Waals surface area (Å²) in [6.07, 6.45) is 2.84. The molecule has 0 aliphatic carbocycles. The largest absolute Gasteiger partial charge is 0.391 e. The Balaban J connectivity index is 1.82. The number of oxime groups is 1. The van der Waals surface area contributed by atoms with Crippen molar-refractivity contribution in [3.8, 4) is 0 Å². The highest BCUT2D eigenvalue weighted by atomic mass is 16.6. The van der Waals surface area contributed by atoms with E-state index in [1.165, 1.54) is 0 Å². The maximum atomic E-state index is 12.8. The lowest BCUT2D eigenvalue weighted by molar-refractivity contribution is -0.142. The number of amidine groups is 1. The van der Waals surface area contributed by atoms with Crippen molar-refractivity contribution >= 4 is 17.6 Å². The molecule has 1 saturated heterocycles. The summed E-state index contributed by atoms with van der Waals surface area (Å²) in [5.41, 5.74) is 0.813. The standard InChI is InChI=1S/C17H21N3O3/c1-12-11-14(19-23-12)18-17(22)16(13-7-3-2-4-8-13)20-10-6-5-9-15(20)21/h2-4,7-8,12,16H,5-6,9-11H2,1H3,(H,18,19,22). The van der Waals surface area contributed by atoms with E-state index in [1.807, 2.05) is 37.3 Å². The smallest absolute Gasteiger partial charge is 0.252 e. The van der Waals surface area contributed by atoms with Gasteiger partial charge in [-0.1, -0.05) is 35.5 Å². The summed E-state index contributed by atoms with van der Waals surface area (Å²) >= 11 is 0. The van der Waals surface area contributed by atoms with Gasteiger partial charge in [0.1, 0.15) is 12.1 Å². The Hall–Kier alpha value is -2.37. The van der Waals surface area contributed by atoms with Crippen LogP contribution in [0.2, 0.25) is 0 Å². The molecule has 0 spiro atoms. The average molecular weight is 315 g/mol. The average Bonchev–Trinajstić information content (AvgIpc) is 2.95. The summed E-state index contributed by atoms with van der Waals surface area (Å²) < 4.78 is 0. The number of nitrogens with one attached hydrogen (secondary N) is 1. The molecule has 0 saturated carbocycles. The van der Waals surface area contributed by atoms with Gasteiger partial charge in [-0.15, -0.1) is 0 Å². The van der Waals surface area contributed by atoms with E-state index in [0.29, 0.717) is 25.2 Å². The van der Waals surface area contributed by atoms with Crippen LogP contribution in [0.3, 0.4) is 0 Å². The molecule has 2 amide bonds. The van der Waals surface area contributed by atoms with Crippen molar-refractivity contribution in [2.45, 2.75) is 44.8 Å². The van der Waals surface area contributed by atoms with E-state index < -0.39 is 6.04 Å². The summed E-state index contributed by atoms with van der Waals surface area (Å²) in [6, 6.07) is 8.78. The van der Waals surface area contributed by atoms with Gasteiger partial charge < -0.3 is 15.1 Å². The van der Waals surface area contributed by atoms with Crippen LogP contribution in [0.5, 0.6) is 0 Å². The van der Waals surface area contributed by atoms with Gasteiger partial charge in [0.15, 0.2) is 5.84 Å². The number of piperidine rings is 1. The predicted molar refractivity (Wildman–Crippen MR) is 85.5 cm³/mol. The topological polar surface area (TPSA) is 71.0 Å². The van der Waals surface area contributed by atoms with Crippen LogP contribution in [0.15, 0.2) is 35.5 Å². The van der Waals surface area contributed by atoms with Gasteiger partial charge in [0.05, 0.1) is 0 Å². The quantitative estimate of drug-likeness (QED) is 0.927. The van der Waals surface area contributed by atoms with Crippen LogP contribution in [0, 0.1) is 0 Å². The van der Waals surface area contributed by atoms with E-state index in [1.54, 1.807) is 4.90 Å². The SMILES string of the molecule is CC1CC(NC(=O)C(c2ccccc2)N2CCCCC2=O)=NO1. The Morgan fingerprint density at radius 1 is 1.35 bits per heavy atom. The van der Waals surface area contributed by atoms with E-state index in [4.69, 9.17) is 4.84 Å². The minimum atomic E-state index is -0.623. The number of hydrogen-bond acceptors (Lipinski definition) is 4. The molecule has 1 fully saturated rings. The summed E-state index contributed by atoms with van der Waals surface area (Å²) in [5, 5.41) is 6.70. The third-order valence-corrected chi connectivity index (χ3v) is 4.13. The molecule has 122 valence electrons. The molecule has 2 aliphatic heterocycles. The van der Waals surface area contributed by atoms with Gasteiger partial charge in [-0.3, -0.25) is 9.59 Å². The van der Waals surface area contributed by atoms with E-state index >= 15 is 0 Å². The Bertz CT molecular complexity index is 615. The zero-order valence-corrected chi connectivity index (χ0v) is 13.2. The molecule has 0 aromatic heterocycles. The van der Waals surface area contributed by atoms with Crippen molar-refractivity contribution in [2.24, 2.45) is 5.16 Å². The second kappa shape index (κ2) is 6.81. The Morgan fingerprint density at radius 3 is 2.78 bits per heavy atom. The van der Waals surface area contributed by atoms with Gasteiger partial charge in [-0.2, -0.15) is 0 Å². The van der Waals surface area contributed by atoms with Crippen molar-refractivity contribution in [1.82, 2.24) is 10.2 Å². The summed E-state index contributed by atoms with van der Waals surface area (Å²) in [5.74, 6) is 0.314. The van der Waals surface area contributed by atoms with Crippen LogP contribution in [0.4, 0.5) is 0 Å². The van der Waals surface area contributed by atoms with Gasteiger partial charge >= 0.3 is 0 Å². The van der Waals surface area contributed by atoms with Crippen molar-refractivity contribution in [3.63, 3.8) is 0 Å². The molecule has 1 N–H and O–H groups in total. The van der Waals surface area contributed by atoms with Gasteiger partial charge in [0, 0.05) is 19.4 Å². The van der Waals surface area contributed by atoms with E-state index in [0.717, 1.165) is 18.4 Å². The van der Waals surface area contributed by atoms with E-state index in [-0.39, 0.29) is 17.9 Å². The molecule has 3 rings (SSSR count). The minimum absolute atomic E-state index is 0.0261. The predicted octanol–water partition coefficient (Wildman–Crippen LogP) is 1.98. The second-order valence-electron chi connectivity index (χ2n) is 6.00. The lowest BCUT2D eigenvalue weighted by Gasteiger charge is -2.34. The lowest BCUT2D eigenvalue weighted by Crippen LogP contribution is -2.47. The number of likely N-dealkylation sites (tertiary alicyclic amines) is 1. The van der Waals surface area contributed by atoms with Crippen LogP contribution < -0.4 is 5.32 Å². The van der Waals surface area contributed by atoms with Gasteiger partial charge in [-0.25, -0.2) is 0 Å². The number of carbonyl (C=O) groups is 2. The summed E-state index contributed by atoms with van der Waals surface area (Å²) in [6.45, 7) is 2.50. The van der Waals surface area contributed by atoms with Gasteiger partial charge in [0.25, 0.3) is 5.91 Å². The van der Waals surface area contributed by atoms with Crippen molar-refractivity contribution < 1.29 is 14.4 Å². The Morgan fingerprint density at radius 2 is 2.13 bits per heavy atom. The highest BCUT2D eigenvalue weighted by molar-refractivity contribution is 6.02. The van der Waals surface area contributed by atoms with Crippen LogP contribution in [-0.2, 0) is 14.4 Å². The highest BCUT2D eigenvalue weighted by Gasteiger charge is 2.33. The molecule has 2 atom stereocenters. The Labute approximate surface area is 135 Å². The maximum Gasteiger partial charge on any atom is 0.252 e. The zero-order valence-electron chi connectivity index (χ0n) is 13.2. The fourth-order valence-electron chi connectivity index (χ4n) is 2.99. The van der Waals surface area contributed by atoms with E-state index in [9.17, 15) is 9.59 Å². The third kappa shape index (κ3) is 3.52. The molecule has 1 aromatic rings. The van der Waals surface area contributed by atoms with Crippen LogP contribution in [-0.4, -0.2) is 35.2 Å². The van der Waals surface area contributed by atoms with Crippen molar-refractivity contribution in [1.29, 1.82) is 0 Å². The first kappa shape index (κ1) is 15.5. The molecule has 6 heteroatoms. The normalized spacial score (nSPS) is 22.3. The first-order valence-corrected chi connectivity index (χ1v) is 8.03. The zero-order chi connectivity index (χ0) is 16.2. The van der Waals surface area contributed by atoms with Gasteiger partial charge in [0.2, 0.25) is 5.91 Å². The fourth-order valence-corrected chi connectivity index (χ4v) is 2.99. The lowest BCUT2D eigenvalue weighted by atomic mass is 10.0. The van der Waals surface area contributed by atoms with Crippen LogP contribution in [0.1, 0.15) is 44.2 Å². The molecular weight excluding hydrogens is 294 g/mol.